The lowest BCUT2D eigenvalue weighted by molar-refractivity contribution is 1.15. The summed E-state index contributed by atoms with van der Waals surface area (Å²) in [6.07, 6.45) is 6.89. The van der Waals surface area contributed by atoms with Gasteiger partial charge in [0.25, 0.3) is 0 Å². The van der Waals surface area contributed by atoms with Gasteiger partial charge in [-0.15, -0.1) is 0 Å². The van der Waals surface area contributed by atoms with Gasteiger partial charge in [0.15, 0.2) is 0 Å². The van der Waals surface area contributed by atoms with Crippen LogP contribution in [0, 0.1) is 0 Å². The number of hydrogen-bond donors (Lipinski definition) is 0. The molecule has 0 aliphatic carbocycles. The Labute approximate surface area is 256 Å². The summed E-state index contributed by atoms with van der Waals surface area (Å²) in [6.45, 7) is 3.88. The molecule has 0 saturated carbocycles. The van der Waals surface area contributed by atoms with E-state index in [2.05, 4.69) is 151 Å². The van der Waals surface area contributed by atoms with Crippen LogP contribution in [0.15, 0.2) is 168 Å². The maximum absolute atomic E-state index is 3.88. The van der Waals surface area contributed by atoms with Crippen LogP contribution in [0.3, 0.4) is 0 Å². The van der Waals surface area contributed by atoms with Crippen molar-refractivity contribution in [1.29, 1.82) is 0 Å². The molecule has 1 aliphatic rings. The van der Waals surface area contributed by atoms with Gasteiger partial charge in [0.05, 0.1) is 11.4 Å². The summed E-state index contributed by atoms with van der Waals surface area (Å²) in [6, 6.07) is 49.0. The van der Waals surface area contributed by atoms with Crippen LogP contribution in [0.25, 0.3) is 43.4 Å². The normalized spacial score (nSPS) is 12.6. The Morgan fingerprint density at radius 2 is 1.09 bits per heavy atom. The highest BCUT2D eigenvalue weighted by Crippen LogP contribution is 2.51. The van der Waals surface area contributed by atoms with Crippen molar-refractivity contribution in [2.45, 2.75) is 16.2 Å². The van der Waals surface area contributed by atoms with Gasteiger partial charge >= 0.3 is 0 Å². The second-order valence-corrected chi connectivity index (χ2v) is 12.1. The fraction of sp³-hybridized carbons (Fsp3) is 0.0244. The molecular weight excluding hydrogens is 539 g/mol. The van der Waals surface area contributed by atoms with E-state index >= 15 is 0 Å². The average Bonchev–Trinajstić information content (AvgIpc) is 3.07. The molecule has 0 N–H and O–H groups in total. The summed E-state index contributed by atoms with van der Waals surface area (Å²) in [5, 5.41) is 7.77. The highest BCUT2D eigenvalue weighted by Gasteiger charge is 2.25. The second kappa shape index (κ2) is 10.7. The Kier molecular flexibility index (Phi) is 6.35. The smallest absolute Gasteiger partial charge is 0.0601 e. The first-order chi connectivity index (χ1) is 21.3. The minimum absolute atomic E-state index is 0.833. The van der Waals surface area contributed by atoms with Crippen molar-refractivity contribution >= 4 is 61.1 Å². The van der Waals surface area contributed by atoms with Gasteiger partial charge in [-0.05, 0) is 97.9 Å². The van der Waals surface area contributed by atoms with Crippen molar-refractivity contribution in [2.24, 2.45) is 0 Å². The van der Waals surface area contributed by atoms with Crippen LogP contribution in [-0.2, 0) is 6.42 Å². The van der Waals surface area contributed by atoms with Crippen LogP contribution < -0.4 is 4.90 Å². The molecule has 8 rings (SSSR count). The molecule has 0 amide bonds. The number of para-hydroxylation sites is 2. The van der Waals surface area contributed by atoms with Crippen molar-refractivity contribution in [3.8, 4) is 11.1 Å². The number of fused-ring (bicyclic) bond motifs is 8. The van der Waals surface area contributed by atoms with Gasteiger partial charge in [0, 0.05) is 15.5 Å². The third-order valence-corrected chi connectivity index (χ3v) is 9.50. The highest BCUT2D eigenvalue weighted by molar-refractivity contribution is 7.99. The van der Waals surface area contributed by atoms with Crippen molar-refractivity contribution in [1.82, 2.24) is 0 Å². The molecule has 0 radical (unpaired) electrons. The lowest BCUT2D eigenvalue weighted by Gasteiger charge is -2.33. The van der Waals surface area contributed by atoms with Gasteiger partial charge in [-0.25, -0.2) is 0 Å². The number of hydrogen-bond acceptors (Lipinski definition) is 2. The molecule has 0 unspecified atom stereocenters. The maximum Gasteiger partial charge on any atom is 0.0601 e. The van der Waals surface area contributed by atoms with Crippen LogP contribution in [0.5, 0.6) is 0 Å². The largest absolute Gasteiger partial charge is 0.308 e. The Hall–Kier alpha value is -5.05. The second-order valence-electron chi connectivity index (χ2n) is 11.0. The molecule has 0 saturated heterocycles. The number of rotatable bonds is 5. The lowest BCUT2D eigenvalue weighted by atomic mass is 9.91. The fourth-order valence-corrected chi connectivity index (χ4v) is 7.52. The molecule has 1 aliphatic heterocycles. The third kappa shape index (κ3) is 4.43. The first kappa shape index (κ1) is 25.6. The van der Waals surface area contributed by atoms with Gasteiger partial charge < -0.3 is 4.90 Å². The average molecular weight is 568 g/mol. The van der Waals surface area contributed by atoms with E-state index in [1.165, 1.54) is 75.9 Å². The SMILES string of the molecule is C=C/C=C\Cc1cc(-c2ccc3c4ccccc4c4ccccc4c3c2)cc(N2c3ccccc3Sc3ccccc32)c1. The molecule has 7 aromatic carbocycles. The summed E-state index contributed by atoms with van der Waals surface area (Å²) < 4.78 is 0. The Morgan fingerprint density at radius 1 is 0.535 bits per heavy atom. The van der Waals surface area contributed by atoms with Crippen LogP contribution in [0.2, 0.25) is 0 Å². The van der Waals surface area contributed by atoms with Crippen LogP contribution in [-0.4, -0.2) is 0 Å². The minimum Gasteiger partial charge on any atom is -0.308 e. The predicted molar refractivity (Wildman–Crippen MR) is 186 cm³/mol. The van der Waals surface area contributed by atoms with Crippen LogP contribution in [0.4, 0.5) is 17.1 Å². The highest BCUT2D eigenvalue weighted by atomic mass is 32.2. The molecule has 0 bridgehead atoms. The van der Waals surface area contributed by atoms with E-state index in [-0.39, 0.29) is 0 Å². The Balaban J connectivity index is 1.36. The monoisotopic (exact) mass is 567 g/mol. The predicted octanol–water partition coefficient (Wildman–Crippen LogP) is 12.0. The van der Waals surface area contributed by atoms with Crippen molar-refractivity contribution in [2.75, 3.05) is 4.90 Å². The molecule has 43 heavy (non-hydrogen) atoms. The van der Waals surface area contributed by atoms with Crippen LogP contribution >= 0.6 is 11.8 Å². The van der Waals surface area contributed by atoms with E-state index in [1.54, 1.807) is 0 Å². The summed E-state index contributed by atoms with van der Waals surface area (Å²) in [4.78, 5) is 4.96. The number of allylic oxidation sites excluding steroid dienone is 3. The summed E-state index contributed by atoms with van der Waals surface area (Å²) in [7, 11) is 0. The first-order valence-electron chi connectivity index (χ1n) is 14.7. The van der Waals surface area contributed by atoms with Crippen LogP contribution in [0.1, 0.15) is 5.56 Å². The van der Waals surface area contributed by atoms with Gasteiger partial charge in [-0.1, -0.05) is 128 Å². The Morgan fingerprint density at radius 3 is 1.72 bits per heavy atom. The van der Waals surface area contributed by atoms with Gasteiger partial charge in [0.1, 0.15) is 0 Å². The summed E-state index contributed by atoms with van der Waals surface area (Å²) in [5.74, 6) is 0. The summed E-state index contributed by atoms with van der Waals surface area (Å²) in [5.41, 5.74) is 7.30. The van der Waals surface area contributed by atoms with E-state index in [0.717, 1.165) is 6.42 Å². The van der Waals surface area contributed by atoms with E-state index < -0.39 is 0 Å². The third-order valence-electron chi connectivity index (χ3n) is 8.37. The van der Waals surface area contributed by atoms with E-state index in [4.69, 9.17) is 0 Å². The molecule has 1 nitrogen and oxygen atoms in total. The molecule has 0 atom stereocenters. The van der Waals surface area contributed by atoms with E-state index in [0.29, 0.717) is 0 Å². The molecular formula is C41H29NS. The quantitative estimate of drug-likeness (QED) is 0.150. The van der Waals surface area contributed by atoms with E-state index in [1.807, 2.05) is 23.9 Å². The molecule has 1 heterocycles. The molecule has 0 spiro atoms. The van der Waals surface area contributed by atoms with E-state index in [9.17, 15) is 0 Å². The number of nitrogens with zero attached hydrogens (tertiary/aromatic N) is 1. The molecule has 7 aromatic rings. The topological polar surface area (TPSA) is 3.24 Å². The van der Waals surface area contributed by atoms with Crippen molar-refractivity contribution in [3.05, 3.63) is 164 Å². The molecule has 2 heteroatoms. The molecule has 0 fully saturated rings. The number of anilines is 3. The van der Waals surface area contributed by atoms with Crippen molar-refractivity contribution in [3.63, 3.8) is 0 Å². The fourth-order valence-electron chi connectivity index (χ4n) is 6.46. The van der Waals surface area contributed by atoms with Gasteiger partial charge in [0.2, 0.25) is 0 Å². The zero-order chi connectivity index (χ0) is 28.8. The van der Waals surface area contributed by atoms with Crippen molar-refractivity contribution < 1.29 is 0 Å². The Bertz CT molecular complexity index is 2140. The zero-order valence-corrected chi connectivity index (χ0v) is 24.5. The summed E-state index contributed by atoms with van der Waals surface area (Å²) >= 11 is 1.84. The zero-order valence-electron chi connectivity index (χ0n) is 23.7. The minimum atomic E-state index is 0.833. The van der Waals surface area contributed by atoms with Gasteiger partial charge in [-0.3, -0.25) is 0 Å². The first-order valence-corrected chi connectivity index (χ1v) is 15.5. The lowest BCUT2D eigenvalue weighted by Crippen LogP contribution is -2.15. The molecule has 0 aromatic heterocycles. The maximum atomic E-state index is 3.88. The molecule has 204 valence electrons. The standard InChI is InChI=1S/C41H29NS/c1-2-3-4-13-28-24-30(26-31(25-28)42-38-18-9-11-20-40(38)43-41-21-12-10-19-39(41)42)29-22-23-36-34-16-6-5-14-32(34)33-15-7-8-17-35(33)37(36)27-29/h2-12,14-27H,1,13H2/b4-3-. The number of benzene rings is 7. The van der Waals surface area contributed by atoms with Gasteiger partial charge in [-0.2, -0.15) is 0 Å².